The van der Waals surface area contributed by atoms with E-state index in [4.69, 9.17) is 19.7 Å². The van der Waals surface area contributed by atoms with Crippen molar-refractivity contribution < 1.29 is 47.3 Å². The summed E-state index contributed by atoms with van der Waals surface area (Å²) in [5.41, 5.74) is 1.30. The number of hydrogen-bond acceptors (Lipinski definition) is 6. The highest BCUT2D eigenvalue weighted by molar-refractivity contribution is 6.03. The van der Waals surface area contributed by atoms with Crippen LogP contribution < -0.4 is 15.0 Å². The van der Waals surface area contributed by atoms with Gasteiger partial charge in [-0.05, 0) is 54.8 Å². The first kappa shape index (κ1) is 30.9. The molecule has 1 aliphatic heterocycles. The number of likely N-dealkylation sites (tertiary alicyclic amines) is 1. The van der Waals surface area contributed by atoms with Crippen LogP contribution in [0.2, 0.25) is 0 Å². The van der Waals surface area contributed by atoms with Gasteiger partial charge in [0.05, 0.1) is 5.56 Å². The number of carbonyl (C=O) groups is 4. The van der Waals surface area contributed by atoms with Crippen molar-refractivity contribution in [2.75, 3.05) is 19.0 Å². The number of nitrogens with zero attached hydrogens (tertiary/aromatic N) is 2. The van der Waals surface area contributed by atoms with E-state index in [9.17, 15) is 27.6 Å². The Labute approximate surface area is 223 Å². The Balaban J connectivity index is 0.000000673. The average Bonchev–Trinajstić information content (AvgIpc) is 2.88. The van der Waals surface area contributed by atoms with Crippen molar-refractivity contribution in [3.05, 3.63) is 59.7 Å². The van der Waals surface area contributed by atoms with Crippen molar-refractivity contribution in [3.63, 3.8) is 0 Å². The minimum atomic E-state index is -5.08. The van der Waals surface area contributed by atoms with E-state index in [0.29, 0.717) is 18.6 Å². The third-order valence-electron chi connectivity index (χ3n) is 6.32. The molecule has 13 heteroatoms. The minimum Gasteiger partial charge on any atom is -0.478 e. The standard InChI is InChI=1S/C24H29N3O5.C2HF3O2/c1-5-24(6-2)21(30)27(22(24)32-19-13-9-17(10-14-19)20(28)29)23(31)25-15-16-7-11-18(12-8-16)26(3)4;3-2(4,5)1(6)7/h7-14,22H,5-6,15H2,1-4H3,(H,25,31)(H,28,29);(H,6,7). The van der Waals surface area contributed by atoms with Gasteiger partial charge in [-0.25, -0.2) is 19.3 Å². The zero-order chi connectivity index (χ0) is 29.5. The van der Waals surface area contributed by atoms with Crippen LogP contribution in [0.5, 0.6) is 5.75 Å². The predicted octanol–water partition coefficient (Wildman–Crippen LogP) is 4.35. The van der Waals surface area contributed by atoms with Gasteiger partial charge in [0.2, 0.25) is 5.91 Å². The summed E-state index contributed by atoms with van der Waals surface area (Å²) >= 11 is 0. The van der Waals surface area contributed by atoms with E-state index < -0.39 is 35.8 Å². The van der Waals surface area contributed by atoms with Crippen LogP contribution in [0.25, 0.3) is 0 Å². The number of aliphatic carboxylic acids is 1. The van der Waals surface area contributed by atoms with Crippen LogP contribution in [0.15, 0.2) is 48.5 Å². The molecule has 2 aromatic rings. The van der Waals surface area contributed by atoms with E-state index in [1.165, 1.54) is 24.3 Å². The lowest BCUT2D eigenvalue weighted by atomic mass is 9.72. The number of carboxylic acids is 2. The normalized spacial score (nSPS) is 15.8. The summed E-state index contributed by atoms with van der Waals surface area (Å²) in [6.07, 6.45) is -4.80. The number of hydrogen-bond donors (Lipinski definition) is 3. The van der Waals surface area contributed by atoms with Gasteiger partial charge in [0.15, 0.2) is 6.23 Å². The molecular formula is C26H30F3N3O7. The van der Waals surface area contributed by atoms with E-state index in [-0.39, 0.29) is 18.0 Å². The van der Waals surface area contributed by atoms with Gasteiger partial charge in [-0.3, -0.25) is 4.79 Å². The van der Waals surface area contributed by atoms with E-state index in [2.05, 4.69) is 5.32 Å². The van der Waals surface area contributed by atoms with Gasteiger partial charge < -0.3 is 25.2 Å². The molecule has 0 bridgehead atoms. The van der Waals surface area contributed by atoms with Gasteiger partial charge in [-0.2, -0.15) is 13.2 Å². The minimum absolute atomic E-state index is 0.133. The molecule has 1 heterocycles. The molecule has 1 fully saturated rings. The van der Waals surface area contributed by atoms with Crippen molar-refractivity contribution in [1.29, 1.82) is 0 Å². The molecule has 1 atom stereocenters. The molecule has 1 aliphatic rings. The Morgan fingerprint density at radius 2 is 1.51 bits per heavy atom. The van der Waals surface area contributed by atoms with Crippen LogP contribution in [0.4, 0.5) is 23.7 Å². The van der Waals surface area contributed by atoms with E-state index in [0.717, 1.165) is 16.2 Å². The second-order valence-corrected chi connectivity index (χ2v) is 8.86. The molecule has 1 unspecified atom stereocenters. The summed E-state index contributed by atoms with van der Waals surface area (Å²) < 4.78 is 37.8. The third-order valence-corrected chi connectivity index (χ3v) is 6.32. The quantitative estimate of drug-likeness (QED) is 0.411. The maximum absolute atomic E-state index is 13.0. The van der Waals surface area contributed by atoms with Crippen molar-refractivity contribution in [3.8, 4) is 5.75 Å². The van der Waals surface area contributed by atoms with Gasteiger partial charge in [0.25, 0.3) is 0 Å². The molecule has 1 saturated heterocycles. The topological polar surface area (TPSA) is 136 Å². The summed E-state index contributed by atoms with van der Waals surface area (Å²) in [7, 11) is 3.91. The van der Waals surface area contributed by atoms with E-state index in [1.54, 1.807) is 0 Å². The van der Waals surface area contributed by atoms with Crippen molar-refractivity contribution >= 4 is 29.6 Å². The van der Waals surface area contributed by atoms with Crippen molar-refractivity contribution in [2.45, 2.75) is 45.6 Å². The summed E-state index contributed by atoms with van der Waals surface area (Å²) in [4.78, 5) is 48.9. The first-order valence-electron chi connectivity index (χ1n) is 11.9. The number of ether oxygens (including phenoxy) is 1. The molecule has 0 radical (unpaired) electrons. The van der Waals surface area contributed by atoms with Gasteiger partial charge in [-0.1, -0.05) is 26.0 Å². The fourth-order valence-electron chi connectivity index (χ4n) is 3.88. The molecule has 2 aromatic carbocycles. The fourth-order valence-corrected chi connectivity index (χ4v) is 3.88. The van der Waals surface area contributed by atoms with Crippen molar-refractivity contribution in [2.24, 2.45) is 5.41 Å². The maximum Gasteiger partial charge on any atom is 0.490 e. The zero-order valence-corrected chi connectivity index (χ0v) is 21.8. The summed E-state index contributed by atoms with van der Waals surface area (Å²) in [5, 5.41) is 19.0. The maximum atomic E-state index is 13.0. The molecule has 0 saturated carbocycles. The van der Waals surface area contributed by atoms with Crippen LogP contribution in [0.1, 0.15) is 42.6 Å². The molecular weight excluding hydrogens is 523 g/mol. The molecule has 0 spiro atoms. The van der Waals surface area contributed by atoms with Crippen molar-refractivity contribution in [1.82, 2.24) is 10.2 Å². The van der Waals surface area contributed by atoms with Gasteiger partial charge in [0.1, 0.15) is 11.2 Å². The number of amides is 3. The summed E-state index contributed by atoms with van der Waals surface area (Å²) in [6.45, 7) is 4.07. The van der Waals surface area contributed by atoms with Crippen LogP contribution >= 0.6 is 0 Å². The number of urea groups is 1. The number of nitrogens with one attached hydrogen (secondary N) is 1. The number of imide groups is 1. The lowest BCUT2D eigenvalue weighted by molar-refractivity contribution is -0.193. The molecule has 10 nitrogen and oxygen atoms in total. The first-order valence-corrected chi connectivity index (χ1v) is 11.9. The number of anilines is 1. The number of benzene rings is 2. The Bertz CT molecular complexity index is 1180. The highest BCUT2D eigenvalue weighted by Crippen LogP contribution is 2.46. The number of carboxylic acid groups (broad SMARTS) is 2. The van der Waals surface area contributed by atoms with Gasteiger partial charge in [-0.15, -0.1) is 0 Å². The average molecular weight is 554 g/mol. The highest BCUT2D eigenvalue weighted by atomic mass is 19.4. The zero-order valence-electron chi connectivity index (χ0n) is 21.8. The lowest BCUT2D eigenvalue weighted by Crippen LogP contribution is -2.73. The monoisotopic (exact) mass is 553 g/mol. The number of aromatic carboxylic acids is 1. The Morgan fingerprint density at radius 3 is 1.92 bits per heavy atom. The lowest BCUT2D eigenvalue weighted by Gasteiger charge is -2.53. The second-order valence-electron chi connectivity index (χ2n) is 8.86. The van der Waals surface area contributed by atoms with Crippen LogP contribution in [0, 0.1) is 5.41 Å². The molecule has 0 aromatic heterocycles. The smallest absolute Gasteiger partial charge is 0.478 e. The van der Waals surface area contributed by atoms with E-state index in [1.807, 2.05) is 57.1 Å². The molecule has 39 heavy (non-hydrogen) atoms. The molecule has 3 rings (SSSR count). The Hall–Kier alpha value is -4.29. The largest absolute Gasteiger partial charge is 0.490 e. The third kappa shape index (κ3) is 7.18. The number of halogens is 3. The van der Waals surface area contributed by atoms with Crippen LogP contribution in [-0.2, 0) is 16.1 Å². The second kappa shape index (κ2) is 12.5. The van der Waals surface area contributed by atoms with Crippen LogP contribution in [-0.4, -0.2) is 65.5 Å². The van der Waals surface area contributed by atoms with Crippen LogP contribution in [0.3, 0.4) is 0 Å². The molecule has 212 valence electrons. The molecule has 3 N–H and O–H groups in total. The first-order chi connectivity index (χ1) is 18.2. The molecule has 3 amide bonds. The van der Waals surface area contributed by atoms with Gasteiger partial charge in [0, 0.05) is 26.3 Å². The Morgan fingerprint density at radius 1 is 1.00 bits per heavy atom. The number of rotatable bonds is 8. The summed E-state index contributed by atoms with van der Waals surface area (Å²) in [6, 6.07) is 13.2. The fraction of sp³-hybridized carbons (Fsp3) is 0.385. The highest BCUT2D eigenvalue weighted by Gasteiger charge is 2.62. The predicted molar refractivity (Wildman–Crippen MR) is 134 cm³/mol. The Kier molecular flexibility index (Phi) is 9.92. The SMILES string of the molecule is CCC1(CC)C(=O)N(C(=O)NCc2ccc(N(C)C)cc2)C1Oc1ccc(C(=O)O)cc1.O=C(O)C(F)(F)F. The van der Waals surface area contributed by atoms with Gasteiger partial charge >= 0.3 is 24.1 Å². The number of alkyl halides is 3. The summed E-state index contributed by atoms with van der Waals surface area (Å²) in [5.74, 6) is -3.66. The number of β-lactam (4-membered cyclic amide) rings is 1. The van der Waals surface area contributed by atoms with E-state index >= 15 is 0 Å². The molecule has 0 aliphatic carbocycles. The number of carbonyl (C=O) groups excluding carboxylic acids is 2.